The Morgan fingerprint density at radius 3 is 2.75 bits per heavy atom. The monoisotopic (exact) mass is 282 g/mol. The Morgan fingerprint density at radius 2 is 1.90 bits per heavy atom. The molecule has 0 aliphatic heterocycles. The minimum Gasteiger partial charge on any atom is -0.322 e. The van der Waals surface area contributed by atoms with Gasteiger partial charge in [0, 0.05) is 17.3 Å². The molecule has 2 aromatic carbocycles. The molecule has 0 spiro atoms. The number of halogens is 1. The second-order valence-electron chi connectivity index (χ2n) is 4.34. The number of hydrogen-bond donors (Lipinski definition) is 1. The average molecular weight is 283 g/mol. The normalized spacial score (nSPS) is 10.4. The number of fused-ring (bicyclic) bond motifs is 1. The van der Waals surface area contributed by atoms with Gasteiger partial charge < -0.3 is 5.32 Å². The molecule has 1 N–H and O–H groups in total. The van der Waals surface area contributed by atoms with Crippen molar-refractivity contribution in [2.24, 2.45) is 0 Å². The Kier molecular flexibility index (Phi) is 3.35. The minimum atomic E-state index is -0.223. The van der Waals surface area contributed by atoms with E-state index >= 15 is 0 Å². The number of carbonyl (C=O) groups is 1. The molecule has 98 valence electrons. The number of carbonyl (C=O) groups excluding carboxylic acids is 1. The third-order valence-electron chi connectivity index (χ3n) is 2.98. The molecule has 0 saturated carbocycles. The van der Waals surface area contributed by atoms with Gasteiger partial charge in [0.2, 0.25) is 0 Å². The van der Waals surface area contributed by atoms with Crippen molar-refractivity contribution < 1.29 is 4.79 Å². The molecule has 0 aliphatic rings. The molecule has 0 saturated heterocycles. The Labute approximate surface area is 121 Å². The summed E-state index contributed by atoms with van der Waals surface area (Å²) in [7, 11) is 0. The predicted octanol–water partition coefficient (Wildman–Crippen LogP) is 4.14. The van der Waals surface area contributed by atoms with E-state index in [0.717, 1.165) is 16.6 Å². The number of rotatable bonds is 2. The quantitative estimate of drug-likeness (QED) is 0.767. The van der Waals surface area contributed by atoms with Crippen molar-refractivity contribution in [1.82, 2.24) is 4.98 Å². The van der Waals surface area contributed by atoms with Gasteiger partial charge in [0.1, 0.15) is 0 Å². The summed E-state index contributed by atoms with van der Waals surface area (Å²) in [6.45, 7) is 0. The van der Waals surface area contributed by atoms with Crippen LogP contribution in [-0.4, -0.2) is 10.9 Å². The Hall–Kier alpha value is -2.39. The fourth-order valence-electron chi connectivity index (χ4n) is 2.00. The highest BCUT2D eigenvalue weighted by atomic mass is 35.5. The first-order valence-electron chi connectivity index (χ1n) is 6.15. The van der Waals surface area contributed by atoms with Gasteiger partial charge in [-0.25, -0.2) is 0 Å². The predicted molar refractivity (Wildman–Crippen MR) is 81.1 cm³/mol. The Morgan fingerprint density at radius 1 is 1.05 bits per heavy atom. The van der Waals surface area contributed by atoms with Gasteiger partial charge in [-0.2, -0.15) is 0 Å². The molecule has 0 fully saturated rings. The van der Waals surface area contributed by atoms with Crippen molar-refractivity contribution in [1.29, 1.82) is 0 Å². The fourth-order valence-corrected chi connectivity index (χ4v) is 2.22. The van der Waals surface area contributed by atoms with Gasteiger partial charge in [0.05, 0.1) is 16.1 Å². The molecule has 1 aromatic heterocycles. The van der Waals surface area contributed by atoms with Crippen LogP contribution in [0.2, 0.25) is 5.02 Å². The Balaban J connectivity index is 1.89. The highest BCUT2D eigenvalue weighted by Gasteiger charge is 2.09. The number of nitrogens with one attached hydrogen (secondary N) is 1. The maximum atomic E-state index is 12.2. The maximum Gasteiger partial charge on any atom is 0.257 e. The van der Waals surface area contributed by atoms with Crippen LogP contribution in [0.5, 0.6) is 0 Å². The summed E-state index contributed by atoms with van der Waals surface area (Å²) < 4.78 is 0. The number of nitrogens with zero attached hydrogens (tertiary/aromatic N) is 1. The molecular formula is C16H11ClN2O. The van der Waals surface area contributed by atoms with Crippen molar-refractivity contribution in [3.8, 4) is 0 Å². The first-order chi connectivity index (χ1) is 9.74. The van der Waals surface area contributed by atoms with Crippen molar-refractivity contribution in [2.45, 2.75) is 0 Å². The van der Waals surface area contributed by atoms with E-state index in [1.165, 1.54) is 0 Å². The molecule has 3 nitrogen and oxygen atoms in total. The molecule has 1 heterocycles. The van der Waals surface area contributed by atoms with E-state index in [2.05, 4.69) is 10.3 Å². The van der Waals surface area contributed by atoms with E-state index in [1.807, 2.05) is 30.3 Å². The van der Waals surface area contributed by atoms with Crippen LogP contribution in [0, 0.1) is 0 Å². The summed E-state index contributed by atoms with van der Waals surface area (Å²) in [4.78, 5) is 16.4. The number of anilines is 1. The van der Waals surface area contributed by atoms with E-state index in [4.69, 9.17) is 11.6 Å². The fraction of sp³-hybridized carbons (Fsp3) is 0. The smallest absolute Gasteiger partial charge is 0.257 e. The van der Waals surface area contributed by atoms with Crippen molar-refractivity contribution in [2.75, 3.05) is 5.32 Å². The number of benzene rings is 2. The molecule has 0 aliphatic carbocycles. The first kappa shape index (κ1) is 12.6. The molecule has 0 atom stereocenters. The van der Waals surface area contributed by atoms with Crippen LogP contribution >= 0.6 is 11.6 Å². The average Bonchev–Trinajstić information content (AvgIpc) is 2.47. The van der Waals surface area contributed by atoms with Crippen LogP contribution in [0.25, 0.3) is 10.9 Å². The first-order valence-corrected chi connectivity index (χ1v) is 6.52. The lowest BCUT2D eigenvalue weighted by Crippen LogP contribution is -2.12. The minimum absolute atomic E-state index is 0.223. The summed E-state index contributed by atoms with van der Waals surface area (Å²) in [5, 5.41) is 4.25. The highest BCUT2D eigenvalue weighted by Crippen LogP contribution is 2.20. The summed E-state index contributed by atoms with van der Waals surface area (Å²) in [6, 6.07) is 16.4. The van der Waals surface area contributed by atoms with E-state index in [1.54, 1.807) is 30.5 Å². The van der Waals surface area contributed by atoms with E-state index in [9.17, 15) is 4.79 Å². The molecule has 0 unspecified atom stereocenters. The zero-order chi connectivity index (χ0) is 13.9. The topological polar surface area (TPSA) is 42.0 Å². The molecule has 3 rings (SSSR count). The molecule has 4 heteroatoms. The van der Waals surface area contributed by atoms with Crippen molar-refractivity contribution in [3.63, 3.8) is 0 Å². The molecule has 0 radical (unpaired) electrons. The Bertz CT molecular complexity index is 786. The van der Waals surface area contributed by atoms with Gasteiger partial charge >= 0.3 is 0 Å². The van der Waals surface area contributed by atoms with Gasteiger partial charge in [-0.1, -0.05) is 29.8 Å². The van der Waals surface area contributed by atoms with Gasteiger partial charge in [-0.05, 0) is 36.4 Å². The van der Waals surface area contributed by atoms with Crippen LogP contribution in [0.4, 0.5) is 5.69 Å². The number of amides is 1. The summed E-state index contributed by atoms with van der Waals surface area (Å²) in [6.07, 6.45) is 1.74. The number of hydrogen-bond acceptors (Lipinski definition) is 2. The van der Waals surface area contributed by atoms with Gasteiger partial charge in [0.15, 0.2) is 0 Å². The summed E-state index contributed by atoms with van der Waals surface area (Å²) >= 11 is 6.01. The zero-order valence-electron chi connectivity index (χ0n) is 10.5. The SMILES string of the molecule is O=C(Nc1ccc2ncccc2c1)c1ccccc1Cl. The van der Waals surface area contributed by atoms with Crippen LogP contribution in [0.3, 0.4) is 0 Å². The van der Waals surface area contributed by atoms with Crippen LogP contribution in [-0.2, 0) is 0 Å². The molecule has 0 bridgehead atoms. The standard InChI is InChI=1S/C16H11ClN2O/c17-14-6-2-1-5-13(14)16(20)19-12-7-8-15-11(10-12)4-3-9-18-15/h1-10H,(H,19,20). The van der Waals surface area contributed by atoms with E-state index < -0.39 is 0 Å². The summed E-state index contributed by atoms with van der Waals surface area (Å²) in [5.74, 6) is -0.223. The lowest BCUT2D eigenvalue weighted by Gasteiger charge is -2.07. The largest absolute Gasteiger partial charge is 0.322 e. The van der Waals surface area contributed by atoms with Gasteiger partial charge in [-0.15, -0.1) is 0 Å². The van der Waals surface area contributed by atoms with Crippen molar-refractivity contribution >= 4 is 34.1 Å². The van der Waals surface area contributed by atoms with Crippen LogP contribution < -0.4 is 5.32 Å². The third kappa shape index (κ3) is 2.49. The molecular weight excluding hydrogens is 272 g/mol. The van der Waals surface area contributed by atoms with E-state index in [-0.39, 0.29) is 5.91 Å². The van der Waals surface area contributed by atoms with Crippen LogP contribution in [0.1, 0.15) is 10.4 Å². The maximum absolute atomic E-state index is 12.2. The lowest BCUT2D eigenvalue weighted by atomic mass is 10.1. The summed E-state index contributed by atoms with van der Waals surface area (Å²) in [5.41, 5.74) is 2.07. The molecule has 3 aromatic rings. The number of aromatic nitrogens is 1. The van der Waals surface area contributed by atoms with Gasteiger partial charge in [0.25, 0.3) is 5.91 Å². The molecule has 1 amide bonds. The highest BCUT2D eigenvalue weighted by molar-refractivity contribution is 6.34. The van der Waals surface area contributed by atoms with Crippen LogP contribution in [0.15, 0.2) is 60.8 Å². The third-order valence-corrected chi connectivity index (χ3v) is 3.31. The zero-order valence-corrected chi connectivity index (χ0v) is 11.3. The van der Waals surface area contributed by atoms with E-state index in [0.29, 0.717) is 10.6 Å². The lowest BCUT2D eigenvalue weighted by molar-refractivity contribution is 0.102. The molecule has 20 heavy (non-hydrogen) atoms. The second kappa shape index (κ2) is 5.31. The van der Waals surface area contributed by atoms with Crippen molar-refractivity contribution in [3.05, 3.63) is 71.4 Å². The number of pyridine rings is 1. The second-order valence-corrected chi connectivity index (χ2v) is 4.75. The van der Waals surface area contributed by atoms with Gasteiger partial charge in [-0.3, -0.25) is 9.78 Å².